The minimum absolute atomic E-state index is 0.0175. The summed E-state index contributed by atoms with van der Waals surface area (Å²) >= 11 is 0.517. The van der Waals surface area contributed by atoms with Crippen molar-refractivity contribution in [3.63, 3.8) is 0 Å². The SMILES string of the molecule is [C-]#[N+]C1(NS(=O)(=O)c2cc(C3=CCN(S(=O)(=O)C(C)C)CC3(F)F)c3c(c2)c(-c2nnc(C(F)F)s2)nn3C)CC1. The van der Waals surface area contributed by atoms with Crippen molar-refractivity contribution in [1.29, 1.82) is 0 Å². The molecule has 0 saturated heterocycles. The van der Waals surface area contributed by atoms with Crippen LogP contribution >= 0.6 is 11.3 Å². The molecule has 0 atom stereocenters. The third kappa shape index (κ3) is 5.14. The number of benzene rings is 1. The maximum atomic E-state index is 15.7. The highest BCUT2D eigenvalue weighted by molar-refractivity contribution is 7.90. The van der Waals surface area contributed by atoms with E-state index in [9.17, 15) is 25.6 Å². The van der Waals surface area contributed by atoms with Crippen LogP contribution in [0.1, 0.15) is 43.7 Å². The van der Waals surface area contributed by atoms with E-state index in [1.807, 2.05) is 0 Å². The van der Waals surface area contributed by atoms with E-state index in [4.69, 9.17) is 6.57 Å². The van der Waals surface area contributed by atoms with Gasteiger partial charge in [-0.2, -0.15) is 18.2 Å². The topological polar surface area (TPSA) is 132 Å². The Morgan fingerprint density at radius 1 is 1.15 bits per heavy atom. The first-order valence-electron chi connectivity index (χ1n) is 12.1. The normalized spacial score (nSPS) is 19.1. The maximum absolute atomic E-state index is 15.7. The molecular formula is C23H23F4N7O4S3. The summed E-state index contributed by atoms with van der Waals surface area (Å²) in [6, 6.07) is 2.18. The van der Waals surface area contributed by atoms with E-state index >= 15 is 8.78 Å². The number of hydrogen-bond acceptors (Lipinski definition) is 8. The Bertz CT molecular complexity index is 1840. The Morgan fingerprint density at radius 3 is 2.37 bits per heavy atom. The fourth-order valence-corrected chi connectivity index (χ4v) is 7.84. The molecule has 0 amide bonds. The maximum Gasteiger partial charge on any atom is 0.299 e. The fourth-order valence-electron chi connectivity index (χ4n) is 4.50. The highest BCUT2D eigenvalue weighted by atomic mass is 32.2. The van der Waals surface area contributed by atoms with Crippen LogP contribution in [0.4, 0.5) is 17.6 Å². The molecule has 0 radical (unpaired) electrons. The molecule has 11 nitrogen and oxygen atoms in total. The molecule has 220 valence electrons. The molecule has 1 aromatic carbocycles. The number of rotatable bonds is 8. The number of aryl methyl sites for hydroxylation is 1. The van der Waals surface area contributed by atoms with E-state index in [1.165, 1.54) is 25.6 Å². The minimum Gasteiger partial charge on any atom is -0.292 e. The second kappa shape index (κ2) is 9.80. The zero-order valence-corrected chi connectivity index (χ0v) is 24.2. The Balaban J connectivity index is 1.74. The molecule has 1 N–H and O–H groups in total. The van der Waals surface area contributed by atoms with Gasteiger partial charge in [0.2, 0.25) is 20.0 Å². The summed E-state index contributed by atoms with van der Waals surface area (Å²) in [4.78, 5) is 2.87. The number of nitrogens with zero attached hydrogens (tertiary/aromatic N) is 6. The number of fused-ring (bicyclic) bond motifs is 1. The summed E-state index contributed by atoms with van der Waals surface area (Å²) in [5.41, 5.74) is -2.22. The number of nitrogens with one attached hydrogen (secondary N) is 1. The van der Waals surface area contributed by atoms with Gasteiger partial charge in [0.1, 0.15) is 5.69 Å². The van der Waals surface area contributed by atoms with Crippen LogP contribution in [0.25, 0.3) is 32.0 Å². The summed E-state index contributed by atoms with van der Waals surface area (Å²) in [5.74, 6) is -3.74. The van der Waals surface area contributed by atoms with Crippen LogP contribution in [-0.4, -0.2) is 71.0 Å². The van der Waals surface area contributed by atoms with E-state index in [0.29, 0.717) is 15.6 Å². The van der Waals surface area contributed by atoms with Gasteiger partial charge in [0.15, 0.2) is 10.0 Å². The molecule has 0 unspecified atom stereocenters. The highest BCUT2D eigenvalue weighted by Crippen LogP contribution is 2.44. The van der Waals surface area contributed by atoms with Crippen LogP contribution in [-0.2, 0) is 27.1 Å². The van der Waals surface area contributed by atoms with Crippen molar-refractivity contribution in [2.75, 3.05) is 13.1 Å². The molecule has 1 aliphatic carbocycles. The van der Waals surface area contributed by atoms with Crippen LogP contribution in [0, 0.1) is 6.57 Å². The van der Waals surface area contributed by atoms with Crippen molar-refractivity contribution in [3.05, 3.63) is 40.2 Å². The standard InChI is InChI=1S/C23H23F4N7O4S3/c1-12(2)41(37,38)34-8-5-16(23(26,27)11-34)14-9-13(40(35,36)32-22(28-3)6-7-22)10-15-17(31-33(4)18(14)15)20-29-30-21(39-20)19(24)25/h5,9-10,12,19,32H,6-8,11H2,1-2,4H3. The van der Waals surface area contributed by atoms with Crippen molar-refractivity contribution in [2.24, 2.45) is 7.05 Å². The molecule has 2 aromatic heterocycles. The van der Waals surface area contributed by atoms with Gasteiger partial charge in [0, 0.05) is 30.1 Å². The third-order valence-electron chi connectivity index (χ3n) is 6.83. The smallest absolute Gasteiger partial charge is 0.292 e. The number of sulfonamides is 2. The van der Waals surface area contributed by atoms with Crippen molar-refractivity contribution in [3.8, 4) is 10.7 Å². The average Bonchev–Trinajstić information content (AvgIpc) is 3.31. The molecular weight excluding hydrogens is 610 g/mol. The molecule has 0 bridgehead atoms. The molecule has 2 aliphatic rings. The van der Waals surface area contributed by atoms with E-state index in [-0.39, 0.29) is 46.6 Å². The van der Waals surface area contributed by atoms with Crippen LogP contribution in [0.15, 0.2) is 23.1 Å². The Hall–Kier alpha value is -2.98. The van der Waals surface area contributed by atoms with Crippen LogP contribution in [0.5, 0.6) is 0 Å². The van der Waals surface area contributed by atoms with Crippen LogP contribution < -0.4 is 4.72 Å². The van der Waals surface area contributed by atoms with Crippen LogP contribution in [0.2, 0.25) is 0 Å². The van der Waals surface area contributed by atoms with Gasteiger partial charge >= 0.3 is 0 Å². The van der Waals surface area contributed by atoms with Gasteiger partial charge in [-0.25, -0.2) is 32.2 Å². The molecule has 1 fully saturated rings. The van der Waals surface area contributed by atoms with Gasteiger partial charge in [-0.1, -0.05) is 17.4 Å². The zero-order valence-electron chi connectivity index (χ0n) is 21.8. The number of hydrogen-bond donors (Lipinski definition) is 1. The zero-order chi connectivity index (χ0) is 30.1. The second-order valence-electron chi connectivity index (χ2n) is 10.0. The van der Waals surface area contributed by atoms with Gasteiger partial charge < -0.3 is 0 Å². The first-order chi connectivity index (χ1) is 19.0. The third-order valence-corrected chi connectivity index (χ3v) is 11.5. The molecule has 18 heteroatoms. The highest BCUT2D eigenvalue weighted by Gasteiger charge is 2.54. The van der Waals surface area contributed by atoms with E-state index in [2.05, 4.69) is 24.9 Å². The molecule has 1 aliphatic heterocycles. The molecule has 5 rings (SSSR count). The lowest BCUT2D eigenvalue weighted by molar-refractivity contribution is 0.0417. The lowest BCUT2D eigenvalue weighted by Crippen LogP contribution is -2.47. The van der Waals surface area contributed by atoms with Gasteiger partial charge in [-0.05, 0) is 26.0 Å². The number of alkyl halides is 4. The van der Waals surface area contributed by atoms with Crippen molar-refractivity contribution in [1.82, 2.24) is 29.0 Å². The Morgan fingerprint density at radius 2 is 1.83 bits per heavy atom. The van der Waals surface area contributed by atoms with Crippen molar-refractivity contribution in [2.45, 2.75) is 54.8 Å². The minimum atomic E-state index is -4.43. The molecule has 1 saturated carbocycles. The second-order valence-corrected chi connectivity index (χ2v) is 15.2. The molecule has 41 heavy (non-hydrogen) atoms. The monoisotopic (exact) mass is 633 g/mol. The van der Waals surface area contributed by atoms with E-state index in [0.717, 1.165) is 18.2 Å². The molecule has 3 heterocycles. The van der Waals surface area contributed by atoms with Gasteiger partial charge in [0.25, 0.3) is 18.0 Å². The molecule has 0 spiro atoms. The first-order valence-corrected chi connectivity index (χ1v) is 15.9. The van der Waals surface area contributed by atoms with Crippen molar-refractivity contribution >= 4 is 47.9 Å². The summed E-state index contributed by atoms with van der Waals surface area (Å²) < 4.78 is 114. The predicted molar refractivity (Wildman–Crippen MR) is 142 cm³/mol. The quantitative estimate of drug-likeness (QED) is 0.295. The summed E-state index contributed by atoms with van der Waals surface area (Å²) in [6.07, 6.45) is -1.36. The van der Waals surface area contributed by atoms with E-state index in [1.54, 1.807) is 0 Å². The lowest BCUT2D eigenvalue weighted by atomic mass is 9.94. The Labute approximate surface area is 236 Å². The first kappa shape index (κ1) is 29.5. The Kier molecular flexibility index (Phi) is 7.05. The predicted octanol–water partition coefficient (Wildman–Crippen LogP) is 3.79. The van der Waals surface area contributed by atoms with Crippen LogP contribution in [0.3, 0.4) is 0 Å². The van der Waals surface area contributed by atoms with Gasteiger partial charge in [-0.15, -0.1) is 14.9 Å². The summed E-state index contributed by atoms with van der Waals surface area (Å²) in [6.45, 7) is 8.52. The van der Waals surface area contributed by atoms with E-state index < -0.39 is 65.3 Å². The largest absolute Gasteiger partial charge is 0.299 e. The molecule has 3 aromatic rings. The lowest BCUT2D eigenvalue weighted by Gasteiger charge is -2.33. The summed E-state index contributed by atoms with van der Waals surface area (Å²) in [7, 11) is -7.05. The van der Waals surface area contributed by atoms with Gasteiger partial charge in [0.05, 0.1) is 35.0 Å². The average molecular weight is 634 g/mol. The summed E-state index contributed by atoms with van der Waals surface area (Å²) in [5, 5.41) is 9.84. The van der Waals surface area contributed by atoms with Crippen molar-refractivity contribution < 1.29 is 34.4 Å². The number of halogens is 4. The fraction of sp³-hybridized carbons (Fsp3) is 0.478. The van der Waals surface area contributed by atoms with Gasteiger partial charge in [-0.3, -0.25) is 9.53 Å². The number of aromatic nitrogens is 4.